The first-order valence-electron chi connectivity index (χ1n) is 6.61. The highest BCUT2D eigenvalue weighted by molar-refractivity contribution is 5.73. The highest BCUT2D eigenvalue weighted by atomic mass is 14.1. The van der Waals surface area contributed by atoms with Crippen LogP contribution in [0.5, 0.6) is 0 Å². The molecule has 0 aliphatic heterocycles. The summed E-state index contributed by atoms with van der Waals surface area (Å²) in [6, 6.07) is 6.47. The SMILES string of the molecule is C=Cc1cccc(CCCCCC)c1C(=C)C. The van der Waals surface area contributed by atoms with Gasteiger partial charge in [-0.25, -0.2) is 0 Å². The van der Waals surface area contributed by atoms with E-state index in [1.165, 1.54) is 42.4 Å². The molecular formula is C17H24. The Bertz CT molecular complexity index is 385. The fourth-order valence-electron chi connectivity index (χ4n) is 2.26. The molecule has 0 N–H and O–H groups in total. The minimum absolute atomic E-state index is 1.14. The Hall–Kier alpha value is -1.30. The summed E-state index contributed by atoms with van der Waals surface area (Å²) < 4.78 is 0. The molecule has 0 aromatic heterocycles. The van der Waals surface area contributed by atoms with E-state index in [9.17, 15) is 0 Å². The minimum atomic E-state index is 1.14. The molecule has 92 valence electrons. The first-order chi connectivity index (χ1) is 8.20. The van der Waals surface area contributed by atoms with Crippen LogP contribution in [0.1, 0.15) is 56.2 Å². The molecule has 17 heavy (non-hydrogen) atoms. The van der Waals surface area contributed by atoms with Gasteiger partial charge in [-0.1, -0.05) is 69.2 Å². The zero-order valence-electron chi connectivity index (χ0n) is 11.3. The van der Waals surface area contributed by atoms with Crippen LogP contribution in [0.25, 0.3) is 11.6 Å². The lowest BCUT2D eigenvalue weighted by molar-refractivity contribution is 0.666. The van der Waals surface area contributed by atoms with Gasteiger partial charge in [-0.2, -0.15) is 0 Å². The second-order valence-corrected chi connectivity index (χ2v) is 4.68. The van der Waals surface area contributed by atoms with E-state index in [0.29, 0.717) is 0 Å². The van der Waals surface area contributed by atoms with E-state index in [1.807, 2.05) is 6.08 Å². The topological polar surface area (TPSA) is 0 Å². The molecule has 0 amide bonds. The zero-order chi connectivity index (χ0) is 12.7. The molecule has 0 fully saturated rings. The molecule has 0 saturated carbocycles. The van der Waals surface area contributed by atoms with E-state index in [4.69, 9.17) is 0 Å². The van der Waals surface area contributed by atoms with Crippen LogP contribution in [0.15, 0.2) is 31.4 Å². The standard InChI is InChI=1S/C17H24/c1-5-7-8-9-11-16-13-10-12-15(6-2)17(16)14(3)4/h6,10,12-13H,2-3,5,7-9,11H2,1,4H3. The summed E-state index contributed by atoms with van der Waals surface area (Å²) in [5.41, 5.74) is 5.08. The van der Waals surface area contributed by atoms with Gasteiger partial charge in [0.2, 0.25) is 0 Å². The number of allylic oxidation sites excluding steroid dienone is 1. The van der Waals surface area contributed by atoms with Gasteiger partial charge >= 0.3 is 0 Å². The quantitative estimate of drug-likeness (QED) is 0.542. The summed E-state index contributed by atoms with van der Waals surface area (Å²) >= 11 is 0. The number of benzene rings is 1. The third kappa shape index (κ3) is 3.89. The second kappa shape index (κ2) is 7.11. The van der Waals surface area contributed by atoms with Gasteiger partial charge in [0, 0.05) is 0 Å². The summed E-state index contributed by atoms with van der Waals surface area (Å²) in [4.78, 5) is 0. The van der Waals surface area contributed by atoms with E-state index in [2.05, 4.69) is 45.2 Å². The molecule has 0 heteroatoms. The smallest absolute Gasteiger partial charge is 0.0129 e. The van der Waals surface area contributed by atoms with Gasteiger partial charge in [0.15, 0.2) is 0 Å². The number of hydrogen-bond donors (Lipinski definition) is 0. The number of aryl methyl sites for hydroxylation is 1. The van der Waals surface area contributed by atoms with Crippen molar-refractivity contribution in [2.24, 2.45) is 0 Å². The van der Waals surface area contributed by atoms with Crippen molar-refractivity contribution in [1.82, 2.24) is 0 Å². The van der Waals surface area contributed by atoms with Crippen molar-refractivity contribution < 1.29 is 0 Å². The van der Waals surface area contributed by atoms with Crippen LogP contribution in [0, 0.1) is 0 Å². The zero-order valence-corrected chi connectivity index (χ0v) is 11.3. The van der Waals surface area contributed by atoms with Gasteiger partial charge in [0.05, 0.1) is 0 Å². The van der Waals surface area contributed by atoms with Crippen molar-refractivity contribution in [3.05, 3.63) is 48.0 Å². The maximum absolute atomic E-state index is 4.09. The van der Waals surface area contributed by atoms with Gasteiger partial charge in [0.25, 0.3) is 0 Å². The van der Waals surface area contributed by atoms with Crippen LogP contribution in [-0.4, -0.2) is 0 Å². The van der Waals surface area contributed by atoms with Crippen LogP contribution in [0.2, 0.25) is 0 Å². The van der Waals surface area contributed by atoms with Crippen molar-refractivity contribution in [2.75, 3.05) is 0 Å². The Balaban J connectivity index is 2.83. The fourth-order valence-corrected chi connectivity index (χ4v) is 2.26. The van der Waals surface area contributed by atoms with E-state index in [0.717, 1.165) is 12.0 Å². The van der Waals surface area contributed by atoms with Crippen LogP contribution >= 0.6 is 0 Å². The predicted octanol–water partition coefficient (Wildman–Crippen LogP) is 5.49. The van der Waals surface area contributed by atoms with Gasteiger partial charge in [-0.3, -0.25) is 0 Å². The third-order valence-electron chi connectivity index (χ3n) is 3.13. The van der Waals surface area contributed by atoms with E-state index in [-0.39, 0.29) is 0 Å². The molecule has 0 unspecified atom stereocenters. The molecule has 0 saturated heterocycles. The Morgan fingerprint density at radius 2 is 2.00 bits per heavy atom. The van der Waals surface area contributed by atoms with Gasteiger partial charge in [-0.05, 0) is 36.5 Å². The van der Waals surface area contributed by atoms with E-state index < -0.39 is 0 Å². The fraction of sp³-hybridized carbons (Fsp3) is 0.412. The highest BCUT2D eigenvalue weighted by Gasteiger charge is 2.06. The average molecular weight is 228 g/mol. The molecular weight excluding hydrogens is 204 g/mol. The van der Waals surface area contributed by atoms with E-state index in [1.54, 1.807) is 0 Å². The van der Waals surface area contributed by atoms with Crippen LogP contribution in [0.4, 0.5) is 0 Å². The largest absolute Gasteiger partial charge is 0.0984 e. The molecule has 0 bridgehead atoms. The minimum Gasteiger partial charge on any atom is -0.0984 e. The molecule has 1 aromatic rings. The Labute approximate surface area is 106 Å². The van der Waals surface area contributed by atoms with Gasteiger partial charge < -0.3 is 0 Å². The predicted molar refractivity (Wildman–Crippen MR) is 79.1 cm³/mol. The average Bonchev–Trinajstić information content (AvgIpc) is 2.33. The van der Waals surface area contributed by atoms with E-state index >= 15 is 0 Å². The highest BCUT2D eigenvalue weighted by Crippen LogP contribution is 2.24. The second-order valence-electron chi connectivity index (χ2n) is 4.68. The Kier molecular flexibility index (Phi) is 5.76. The molecule has 0 aliphatic rings. The summed E-state index contributed by atoms with van der Waals surface area (Å²) in [6.07, 6.45) is 8.31. The van der Waals surface area contributed by atoms with Gasteiger partial charge in [-0.15, -0.1) is 0 Å². The van der Waals surface area contributed by atoms with Crippen LogP contribution in [-0.2, 0) is 6.42 Å². The normalized spacial score (nSPS) is 10.2. The monoisotopic (exact) mass is 228 g/mol. The number of hydrogen-bond acceptors (Lipinski definition) is 0. The maximum Gasteiger partial charge on any atom is -0.0129 e. The van der Waals surface area contributed by atoms with Crippen LogP contribution < -0.4 is 0 Å². The van der Waals surface area contributed by atoms with Crippen molar-refractivity contribution in [1.29, 1.82) is 0 Å². The summed E-state index contributed by atoms with van der Waals surface area (Å²) in [7, 11) is 0. The number of rotatable bonds is 7. The molecule has 1 rings (SSSR count). The Morgan fingerprint density at radius 1 is 1.24 bits per heavy atom. The van der Waals surface area contributed by atoms with Crippen molar-refractivity contribution in [2.45, 2.75) is 46.0 Å². The first-order valence-corrected chi connectivity index (χ1v) is 6.61. The van der Waals surface area contributed by atoms with Crippen molar-refractivity contribution in [3.8, 4) is 0 Å². The van der Waals surface area contributed by atoms with Gasteiger partial charge in [0.1, 0.15) is 0 Å². The molecule has 0 atom stereocenters. The van der Waals surface area contributed by atoms with Crippen LogP contribution in [0.3, 0.4) is 0 Å². The van der Waals surface area contributed by atoms with Crippen molar-refractivity contribution >= 4 is 11.6 Å². The summed E-state index contributed by atoms with van der Waals surface area (Å²) in [5.74, 6) is 0. The Morgan fingerprint density at radius 3 is 2.59 bits per heavy atom. The molecule has 0 heterocycles. The summed E-state index contributed by atoms with van der Waals surface area (Å²) in [6.45, 7) is 12.3. The molecule has 0 nitrogen and oxygen atoms in total. The lowest BCUT2D eigenvalue weighted by Gasteiger charge is -2.12. The molecule has 0 spiro atoms. The lowest BCUT2D eigenvalue weighted by Crippen LogP contribution is -1.95. The maximum atomic E-state index is 4.09. The molecule has 1 aromatic carbocycles. The molecule has 0 aliphatic carbocycles. The third-order valence-corrected chi connectivity index (χ3v) is 3.13. The summed E-state index contributed by atoms with van der Waals surface area (Å²) in [5, 5.41) is 0. The lowest BCUT2D eigenvalue weighted by atomic mass is 9.92. The number of unbranched alkanes of at least 4 members (excludes halogenated alkanes) is 3. The van der Waals surface area contributed by atoms with Crippen molar-refractivity contribution in [3.63, 3.8) is 0 Å². The first kappa shape index (κ1) is 13.8. The molecule has 0 radical (unpaired) electrons.